The Morgan fingerprint density at radius 2 is 2.11 bits per heavy atom. The first-order chi connectivity index (χ1) is 8.95. The monoisotopic (exact) mass is 266 g/mol. The molecule has 0 saturated heterocycles. The minimum absolute atomic E-state index is 0.0756. The number of nitrogens with one attached hydrogen (secondary N) is 2. The highest BCUT2D eigenvalue weighted by molar-refractivity contribution is 5.96. The molecule has 104 valence electrons. The minimum atomic E-state index is -1.09. The van der Waals surface area contributed by atoms with Gasteiger partial charge in [-0.25, -0.2) is 4.79 Å². The number of hydrogen-bond donors (Lipinski definition) is 3. The zero-order valence-electron chi connectivity index (χ0n) is 11.0. The third kappa shape index (κ3) is 4.24. The lowest BCUT2D eigenvalue weighted by Gasteiger charge is -2.13. The van der Waals surface area contributed by atoms with Crippen molar-refractivity contribution in [3.8, 4) is 0 Å². The molecule has 0 spiro atoms. The highest BCUT2D eigenvalue weighted by atomic mass is 16.4. The fourth-order valence-electron chi connectivity index (χ4n) is 1.65. The van der Waals surface area contributed by atoms with Crippen LogP contribution < -0.4 is 10.9 Å². The maximum atomic E-state index is 11.9. The van der Waals surface area contributed by atoms with Crippen molar-refractivity contribution in [1.29, 1.82) is 0 Å². The summed E-state index contributed by atoms with van der Waals surface area (Å²) >= 11 is 0. The number of amides is 1. The topological polar surface area (TPSA) is 99.3 Å². The molecule has 0 fully saturated rings. The van der Waals surface area contributed by atoms with E-state index in [2.05, 4.69) is 10.3 Å². The number of carboxylic acids is 1. The highest BCUT2D eigenvalue weighted by Crippen LogP contribution is 2.02. The van der Waals surface area contributed by atoms with Gasteiger partial charge < -0.3 is 15.4 Å². The molecule has 6 heteroatoms. The van der Waals surface area contributed by atoms with Gasteiger partial charge in [0.15, 0.2) is 0 Å². The molecular weight excluding hydrogens is 248 g/mol. The van der Waals surface area contributed by atoms with Gasteiger partial charge in [-0.2, -0.15) is 0 Å². The van der Waals surface area contributed by atoms with Gasteiger partial charge in [-0.3, -0.25) is 9.59 Å². The molecule has 1 aromatic rings. The summed E-state index contributed by atoms with van der Waals surface area (Å²) in [6, 6.07) is 2.02. The van der Waals surface area contributed by atoms with Crippen LogP contribution in [-0.2, 0) is 4.79 Å². The quantitative estimate of drug-likeness (QED) is 0.716. The number of hydrogen-bond acceptors (Lipinski definition) is 3. The number of H-pyrrole nitrogens is 1. The van der Waals surface area contributed by atoms with Crippen LogP contribution in [0.5, 0.6) is 0 Å². The van der Waals surface area contributed by atoms with E-state index in [9.17, 15) is 14.4 Å². The molecule has 1 amide bonds. The molecular formula is C13H18N2O4. The SMILES string of the molecule is CCCC[C@H](NC(=O)c1ccc(C)[nH]c1=O)C(=O)O. The Labute approximate surface area is 110 Å². The maximum absolute atomic E-state index is 11.9. The molecule has 1 atom stereocenters. The number of aromatic amines is 1. The Bertz CT molecular complexity index is 522. The van der Waals surface area contributed by atoms with Crippen LogP contribution in [0.4, 0.5) is 0 Å². The third-order valence-electron chi connectivity index (χ3n) is 2.75. The molecule has 0 unspecified atom stereocenters. The zero-order valence-corrected chi connectivity index (χ0v) is 11.0. The first-order valence-corrected chi connectivity index (χ1v) is 6.19. The molecule has 0 saturated carbocycles. The van der Waals surface area contributed by atoms with E-state index in [0.717, 1.165) is 6.42 Å². The van der Waals surface area contributed by atoms with Crippen LogP contribution in [0.15, 0.2) is 16.9 Å². The molecule has 3 N–H and O–H groups in total. The number of unbranched alkanes of at least 4 members (excludes halogenated alkanes) is 1. The standard InChI is InChI=1S/C13H18N2O4/c1-3-4-5-10(13(18)19)15-12(17)9-7-6-8(2)14-11(9)16/h6-7,10H,3-5H2,1-2H3,(H,14,16)(H,15,17)(H,18,19)/t10-/m0/s1. The van der Waals surface area contributed by atoms with E-state index < -0.39 is 23.5 Å². The van der Waals surface area contributed by atoms with Crippen molar-refractivity contribution in [2.45, 2.75) is 39.2 Å². The molecule has 1 aromatic heterocycles. The number of rotatable bonds is 6. The maximum Gasteiger partial charge on any atom is 0.326 e. The molecule has 0 aliphatic heterocycles. The second-order valence-electron chi connectivity index (χ2n) is 4.39. The molecule has 19 heavy (non-hydrogen) atoms. The number of aryl methyl sites for hydroxylation is 1. The molecule has 1 rings (SSSR count). The molecule has 0 radical (unpaired) electrons. The van der Waals surface area contributed by atoms with Gasteiger partial charge in [0.05, 0.1) is 0 Å². The van der Waals surface area contributed by atoms with Crippen LogP contribution in [0.3, 0.4) is 0 Å². The highest BCUT2D eigenvalue weighted by Gasteiger charge is 2.21. The summed E-state index contributed by atoms with van der Waals surface area (Å²) in [7, 11) is 0. The van der Waals surface area contributed by atoms with E-state index in [0.29, 0.717) is 18.5 Å². The number of carbonyl (C=O) groups is 2. The van der Waals surface area contributed by atoms with Gasteiger partial charge in [0, 0.05) is 5.69 Å². The van der Waals surface area contributed by atoms with Crippen LogP contribution in [0.25, 0.3) is 0 Å². The first-order valence-electron chi connectivity index (χ1n) is 6.19. The summed E-state index contributed by atoms with van der Waals surface area (Å²) in [6.45, 7) is 3.63. The molecule has 0 bridgehead atoms. The van der Waals surface area contributed by atoms with Crippen molar-refractivity contribution in [1.82, 2.24) is 10.3 Å². The van der Waals surface area contributed by atoms with Crippen LogP contribution in [-0.4, -0.2) is 28.0 Å². The smallest absolute Gasteiger partial charge is 0.326 e. The van der Waals surface area contributed by atoms with Crippen LogP contribution in [0, 0.1) is 6.92 Å². The molecule has 0 aliphatic carbocycles. The van der Waals surface area contributed by atoms with Gasteiger partial charge in [-0.05, 0) is 25.5 Å². The van der Waals surface area contributed by atoms with Gasteiger partial charge in [0.1, 0.15) is 11.6 Å². The fraction of sp³-hybridized carbons (Fsp3) is 0.462. The van der Waals surface area contributed by atoms with E-state index in [1.54, 1.807) is 13.0 Å². The largest absolute Gasteiger partial charge is 0.480 e. The Hall–Kier alpha value is -2.11. The summed E-state index contributed by atoms with van der Waals surface area (Å²) in [5.74, 6) is -1.75. The predicted octanol–water partition coefficient (Wildman–Crippen LogP) is 1.06. The van der Waals surface area contributed by atoms with Gasteiger partial charge in [0.2, 0.25) is 0 Å². The van der Waals surface area contributed by atoms with E-state index in [4.69, 9.17) is 5.11 Å². The van der Waals surface area contributed by atoms with Gasteiger partial charge in [0.25, 0.3) is 11.5 Å². The second kappa shape index (κ2) is 6.72. The van der Waals surface area contributed by atoms with Crippen molar-refractivity contribution in [3.63, 3.8) is 0 Å². The van der Waals surface area contributed by atoms with E-state index in [1.807, 2.05) is 6.92 Å². The summed E-state index contributed by atoms with van der Waals surface area (Å²) in [6.07, 6.45) is 1.88. The lowest BCUT2D eigenvalue weighted by atomic mass is 10.1. The van der Waals surface area contributed by atoms with Crippen molar-refractivity contribution in [2.75, 3.05) is 0 Å². The first kappa shape index (κ1) is 14.9. The molecule has 0 aromatic carbocycles. The zero-order chi connectivity index (χ0) is 14.4. The number of pyridine rings is 1. The number of aromatic nitrogens is 1. The van der Waals surface area contributed by atoms with Crippen LogP contribution in [0.1, 0.15) is 42.2 Å². The van der Waals surface area contributed by atoms with Gasteiger partial charge in [-0.1, -0.05) is 19.8 Å². The van der Waals surface area contributed by atoms with E-state index in [1.165, 1.54) is 6.07 Å². The Morgan fingerprint density at radius 3 is 2.63 bits per heavy atom. The Balaban J connectivity index is 2.81. The summed E-state index contributed by atoms with van der Waals surface area (Å²) in [5.41, 5.74) is 0.0489. The Morgan fingerprint density at radius 1 is 1.42 bits per heavy atom. The third-order valence-corrected chi connectivity index (χ3v) is 2.75. The van der Waals surface area contributed by atoms with Crippen LogP contribution >= 0.6 is 0 Å². The van der Waals surface area contributed by atoms with Crippen molar-refractivity contribution in [2.24, 2.45) is 0 Å². The van der Waals surface area contributed by atoms with Crippen LogP contribution in [0.2, 0.25) is 0 Å². The summed E-state index contributed by atoms with van der Waals surface area (Å²) in [4.78, 5) is 37.0. The normalized spacial score (nSPS) is 11.9. The predicted molar refractivity (Wildman–Crippen MR) is 70.2 cm³/mol. The van der Waals surface area contributed by atoms with E-state index >= 15 is 0 Å². The van der Waals surface area contributed by atoms with Gasteiger partial charge in [-0.15, -0.1) is 0 Å². The Kier molecular flexibility index (Phi) is 5.29. The van der Waals surface area contributed by atoms with Crippen molar-refractivity contribution >= 4 is 11.9 Å². The second-order valence-corrected chi connectivity index (χ2v) is 4.39. The number of aliphatic carboxylic acids is 1. The molecule has 6 nitrogen and oxygen atoms in total. The van der Waals surface area contributed by atoms with Gasteiger partial charge >= 0.3 is 5.97 Å². The average Bonchev–Trinajstić information content (AvgIpc) is 2.33. The van der Waals surface area contributed by atoms with Crippen molar-refractivity contribution in [3.05, 3.63) is 33.7 Å². The van der Waals surface area contributed by atoms with Crippen molar-refractivity contribution < 1.29 is 14.7 Å². The van der Waals surface area contributed by atoms with E-state index in [-0.39, 0.29) is 5.56 Å². The minimum Gasteiger partial charge on any atom is -0.480 e. The number of carboxylic acid groups (broad SMARTS) is 1. The summed E-state index contributed by atoms with van der Waals surface area (Å²) in [5, 5.41) is 11.4. The number of carbonyl (C=O) groups excluding carboxylic acids is 1. The summed E-state index contributed by atoms with van der Waals surface area (Å²) < 4.78 is 0. The lowest BCUT2D eigenvalue weighted by Crippen LogP contribution is -2.42. The lowest BCUT2D eigenvalue weighted by molar-refractivity contribution is -0.139. The molecule has 1 heterocycles. The average molecular weight is 266 g/mol. The fourth-order valence-corrected chi connectivity index (χ4v) is 1.65. The molecule has 0 aliphatic rings.